The van der Waals surface area contributed by atoms with Crippen LogP contribution in [0, 0.1) is 28.8 Å². The van der Waals surface area contributed by atoms with Crippen molar-refractivity contribution in [1.82, 2.24) is 0 Å². The minimum atomic E-state index is -0.872. The molecule has 2 aromatic rings. The molecule has 0 N–H and O–H groups in total. The molecular formula is C14H9F3N2. The zero-order valence-electron chi connectivity index (χ0n) is 9.99. The molecule has 0 saturated heterocycles. The highest BCUT2D eigenvalue weighted by Crippen LogP contribution is 2.30. The molecule has 0 aliphatic carbocycles. The smallest absolute Gasteiger partial charge is 0.151 e. The fourth-order valence-electron chi connectivity index (χ4n) is 1.76. The summed E-state index contributed by atoms with van der Waals surface area (Å²) in [4.78, 5) is 1.19. The Balaban J connectivity index is 2.51. The van der Waals surface area contributed by atoms with Gasteiger partial charge in [-0.1, -0.05) is 6.07 Å². The zero-order valence-corrected chi connectivity index (χ0v) is 9.99. The van der Waals surface area contributed by atoms with Crippen LogP contribution in [0.25, 0.3) is 0 Å². The van der Waals surface area contributed by atoms with Crippen LogP contribution in [0.1, 0.15) is 5.56 Å². The van der Waals surface area contributed by atoms with Crippen molar-refractivity contribution in [2.24, 2.45) is 0 Å². The molecule has 0 aliphatic heterocycles. The Hall–Kier alpha value is -2.48. The number of nitriles is 1. The quantitative estimate of drug-likeness (QED) is 0.824. The van der Waals surface area contributed by atoms with Crippen LogP contribution < -0.4 is 4.90 Å². The molecule has 0 bridgehead atoms. The first-order chi connectivity index (χ1) is 9.02. The Morgan fingerprint density at radius 1 is 1.05 bits per heavy atom. The molecule has 2 aromatic carbocycles. The molecular weight excluding hydrogens is 253 g/mol. The van der Waals surface area contributed by atoms with E-state index in [0.29, 0.717) is 5.69 Å². The number of nitrogens with zero attached hydrogens (tertiary/aromatic N) is 2. The third-order valence-electron chi connectivity index (χ3n) is 2.68. The first-order valence-corrected chi connectivity index (χ1v) is 5.41. The molecule has 0 heterocycles. The number of hydrogen-bond donors (Lipinski definition) is 0. The lowest BCUT2D eigenvalue weighted by molar-refractivity contribution is 0.582. The lowest BCUT2D eigenvalue weighted by Gasteiger charge is -2.20. The normalized spacial score (nSPS) is 10.1. The van der Waals surface area contributed by atoms with E-state index in [0.717, 1.165) is 18.2 Å². The molecule has 0 unspecified atom stereocenters. The van der Waals surface area contributed by atoms with Crippen molar-refractivity contribution in [3.05, 3.63) is 59.4 Å². The van der Waals surface area contributed by atoms with E-state index in [-0.39, 0.29) is 11.3 Å². The Kier molecular flexibility index (Phi) is 3.43. The largest absolute Gasteiger partial charge is 0.340 e. The van der Waals surface area contributed by atoms with Gasteiger partial charge in [0.1, 0.15) is 11.5 Å². The molecule has 0 aromatic heterocycles. The van der Waals surface area contributed by atoms with E-state index in [9.17, 15) is 13.2 Å². The van der Waals surface area contributed by atoms with E-state index in [2.05, 4.69) is 0 Å². The van der Waals surface area contributed by atoms with Gasteiger partial charge in [-0.15, -0.1) is 0 Å². The third-order valence-corrected chi connectivity index (χ3v) is 2.68. The fourth-order valence-corrected chi connectivity index (χ4v) is 1.76. The van der Waals surface area contributed by atoms with E-state index in [1.54, 1.807) is 6.07 Å². The van der Waals surface area contributed by atoms with Crippen molar-refractivity contribution in [1.29, 1.82) is 5.26 Å². The van der Waals surface area contributed by atoms with Crippen molar-refractivity contribution in [2.75, 3.05) is 11.9 Å². The predicted octanol–water partition coefficient (Wildman–Crippen LogP) is 3.74. The van der Waals surface area contributed by atoms with Gasteiger partial charge in [-0.3, -0.25) is 0 Å². The first-order valence-electron chi connectivity index (χ1n) is 5.41. The van der Waals surface area contributed by atoms with Crippen molar-refractivity contribution >= 4 is 11.4 Å². The second-order valence-electron chi connectivity index (χ2n) is 3.94. The van der Waals surface area contributed by atoms with E-state index >= 15 is 0 Å². The van der Waals surface area contributed by atoms with Crippen LogP contribution >= 0.6 is 0 Å². The Morgan fingerprint density at radius 3 is 2.21 bits per heavy atom. The van der Waals surface area contributed by atoms with E-state index in [1.165, 1.54) is 30.1 Å². The van der Waals surface area contributed by atoms with Gasteiger partial charge in [-0.05, 0) is 30.3 Å². The van der Waals surface area contributed by atoms with Gasteiger partial charge in [0.25, 0.3) is 0 Å². The summed E-state index contributed by atoms with van der Waals surface area (Å²) in [7, 11) is 1.42. The summed E-state index contributed by atoms with van der Waals surface area (Å²) in [6, 6.07) is 8.92. The van der Waals surface area contributed by atoms with Gasteiger partial charge in [0, 0.05) is 12.7 Å². The number of anilines is 2. The van der Waals surface area contributed by atoms with Crippen LogP contribution in [-0.4, -0.2) is 7.05 Å². The molecule has 0 spiro atoms. The van der Waals surface area contributed by atoms with Gasteiger partial charge >= 0.3 is 0 Å². The Labute approximate surface area is 108 Å². The standard InChI is InChI=1S/C14H9F3N2/c1-19(11-4-2-3-10(15)7-11)14-12(16)5-9(8-18)6-13(14)17/h2-7H,1H3. The summed E-state index contributed by atoms with van der Waals surface area (Å²) >= 11 is 0. The predicted molar refractivity (Wildman–Crippen MR) is 65.5 cm³/mol. The molecule has 96 valence electrons. The molecule has 5 heteroatoms. The van der Waals surface area contributed by atoms with E-state index < -0.39 is 17.5 Å². The van der Waals surface area contributed by atoms with Gasteiger partial charge in [-0.25, -0.2) is 13.2 Å². The van der Waals surface area contributed by atoms with Crippen LogP contribution in [0.2, 0.25) is 0 Å². The molecule has 2 rings (SSSR count). The Bertz CT molecular complexity index is 639. The maximum atomic E-state index is 13.8. The zero-order chi connectivity index (χ0) is 14.0. The third kappa shape index (κ3) is 2.52. The van der Waals surface area contributed by atoms with E-state index in [1.807, 2.05) is 0 Å². The topological polar surface area (TPSA) is 27.0 Å². The van der Waals surface area contributed by atoms with Crippen LogP contribution in [-0.2, 0) is 0 Å². The maximum absolute atomic E-state index is 13.8. The van der Waals surface area contributed by atoms with Crippen LogP contribution in [0.4, 0.5) is 24.5 Å². The van der Waals surface area contributed by atoms with Crippen LogP contribution in [0.5, 0.6) is 0 Å². The minimum absolute atomic E-state index is 0.105. The van der Waals surface area contributed by atoms with Crippen LogP contribution in [0.15, 0.2) is 36.4 Å². The maximum Gasteiger partial charge on any atom is 0.151 e. The highest BCUT2D eigenvalue weighted by Gasteiger charge is 2.16. The molecule has 0 amide bonds. The van der Waals surface area contributed by atoms with Crippen molar-refractivity contribution in [3.8, 4) is 6.07 Å². The van der Waals surface area contributed by atoms with Crippen molar-refractivity contribution in [3.63, 3.8) is 0 Å². The van der Waals surface area contributed by atoms with Gasteiger partial charge in [0.2, 0.25) is 0 Å². The molecule has 0 radical (unpaired) electrons. The summed E-state index contributed by atoms with van der Waals surface area (Å²) in [6.45, 7) is 0. The summed E-state index contributed by atoms with van der Waals surface area (Å²) in [6.07, 6.45) is 0. The first kappa shape index (κ1) is 13.0. The lowest BCUT2D eigenvalue weighted by atomic mass is 10.1. The molecule has 19 heavy (non-hydrogen) atoms. The second kappa shape index (κ2) is 5.02. The molecule has 0 atom stereocenters. The highest BCUT2D eigenvalue weighted by molar-refractivity contribution is 5.64. The average Bonchev–Trinajstić information content (AvgIpc) is 2.37. The van der Waals surface area contributed by atoms with Gasteiger partial charge in [-0.2, -0.15) is 5.26 Å². The van der Waals surface area contributed by atoms with Gasteiger partial charge in [0.05, 0.1) is 11.6 Å². The summed E-state index contributed by atoms with van der Waals surface area (Å²) in [5, 5.41) is 8.62. The minimum Gasteiger partial charge on any atom is -0.340 e. The van der Waals surface area contributed by atoms with Crippen molar-refractivity contribution < 1.29 is 13.2 Å². The monoisotopic (exact) mass is 262 g/mol. The number of benzene rings is 2. The number of hydrogen-bond acceptors (Lipinski definition) is 2. The Morgan fingerprint density at radius 2 is 1.68 bits per heavy atom. The number of halogens is 3. The molecule has 0 aliphatic rings. The van der Waals surface area contributed by atoms with Crippen molar-refractivity contribution in [2.45, 2.75) is 0 Å². The van der Waals surface area contributed by atoms with Gasteiger partial charge in [0.15, 0.2) is 11.6 Å². The summed E-state index contributed by atoms with van der Waals surface area (Å²) < 4.78 is 40.7. The van der Waals surface area contributed by atoms with E-state index in [4.69, 9.17) is 5.26 Å². The lowest BCUT2D eigenvalue weighted by Crippen LogP contribution is -2.13. The highest BCUT2D eigenvalue weighted by atomic mass is 19.1. The number of rotatable bonds is 2. The average molecular weight is 262 g/mol. The second-order valence-corrected chi connectivity index (χ2v) is 3.94. The van der Waals surface area contributed by atoms with Crippen LogP contribution in [0.3, 0.4) is 0 Å². The fraction of sp³-hybridized carbons (Fsp3) is 0.0714. The van der Waals surface area contributed by atoms with Gasteiger partial charge < -0.3 is 4.90 Å². The molecule has 0 saturated carbocycles. The molecule has 2 nitrogen and oxygen atoms in total. The summed E-state index contributed by atoms with van der Waals surface area (Å²) in [5.41, 5.74) is -0.126. The summed E-state index contributed by atoms with van der Waals surface area (Å²) in [5.74, 6) is -2.24. The molecule has 0 fully saturated rings. The SMILES string of the molecule is CN(c1cccc(F)c1)c1c(F)cc(C#N)cc1F.